The molecule has 1 atom stereocenters. The zero-order valence-corrected chi connectivity index (χ0v) is 6.07. The predicted molar refractivity (Wildman–Crippen MR) is 34.5 cm³/mol. The molecule has 0 aliphatic heterocycles. The Balaban J connectivity index is 3.49. The van der Waals surface area contributed by atoms with Crippen molar-refractivity contribution in [1.29, 1.82) is 0 Å². The summed E-state index contributed by atoms with van der Waals surface area (Å²) in [5.41, 5.74) is 0. The average Bonchev–Trinajstić information content (AvgIpc) is 1.86. The van der Waals surface area contributed by atoms with Crippen molar-refractivity contribution >= 4 is 0 Å². The van der Waals surface area contributed by atoms with Crippen LogP contribution in [0.4, 0.5) is 0 Å². The van der Waals surface area contributed by atoms with Crippen LogP contribution in [-0.4, -0.2) is 38.4 Å². The van der Waals surface area contributed by atoms with Crippen molar-refractivity contribution in [2.75, 3.05) is 27.4 Å². The van der Waals surface area contributed by atoms with Crippen LogP contribution in [0, 0.1) is 10.1 Å². The molecule has 0 aliphatic carbocycles. The minimum atomic E-state index is -0.431. The Morgan fingerprint density at radius 3 is 2.50 bits per heavy atom. The largest absolute Gasteiger partial charge is 0.382 e. The van der Waals surface area contributed by atoms with Crippen molar-refractivity contribution in [2.45, 2.75) is 6.10 Å². The van der Waals surface area contributed by atoms with E-state index in [2.05, 4.69) is 4.74 Å². The van der Waals surface area contributed by atoms with Gasteiger partial charge in [0.2, 0.25) is 6.54 Å². The van der Waals surface area contributed by atoms with Crippen LogP contribution in [0.25, 0.3) is 0 Å². The first kappa shape index (κ1) is 9.32. The van der Waals surface area contributed by atoms with Gasteiger partial charge in [-0.25, -0.2) is 0 Å². The second-order valence-corrected chi connectivity index (χ2v) is 1.83. The van der Waals surface area contributed by atoms with E-state index in [1.54, 1.807) is 0 Å². The van der Waals surface area contributed by atoms with Gasteiger partial charge in [0.15, 0.2) is 0 Å². The van der Waals surface area contributed by atoms with Gasteiger partial charge >= 0.3 is 0 Å². The Hall–Kier alpha value is -0.680. The Bertz CT molecular complexity index is 106. The lowest BCUT2D eigenvalue weighted by Crippen LogP contribution is -2.26. The first-order valence-electron chi connectivity index (χ1n) is 2.84. The molecule has 0 rings (SSSR count). The first-order chi connectivity index (χ1) is 4.70. The highest BCUT2D eigenvalue weighted by molar-refractivity contribution is 4.51. The molecule has 60 valence electrons. The SMILES string of the molecule is COCC(C[N+](=O)[O-])OC. The Kier molecular flexibility index (Phi) is 4.78. The lowest BCUT2D eigenvalue weighted by molar-refractivity contribution is -0.491. The van der Waals surface area contributed by atoms with Gasteiger partial charge in [0.1, 0.15) is 6.10 Å². The molecule has 0 aromatic carbocycles. The summed E-state index contributed by atoms with van der Waals surface area (Å²) in [7, 11) is 2.90. The summed E-state index contributed by atoms with van der Waals surface area (Å²) in [4.78, 5) is 9.49. The van der Waals surface area contributed by atoms with E-state index in [9.17, 15) is 10.1 Å². The monoisotopic (exact) mass is 149 g/mol. The van der Waals surface area contributed by atoms with Crippen LogP contribution in [0.15, 0.2) is 0 Å². The third-order valence-electron chi connectivity index (χ3n) is 1.04. The van der Waals surface area contributed by atoms with Gasteiger partial charge in [-0.05, 0) is 0 Å². The molecule has 0 amide bonds. The van der Waals surface area contributed by atoms with Crippen molar-refractivity contribution in [3.63, 3.8) is 0 Å². The summed E-state index contributed by atoms with van der Waals surface area (Å²) in [5, 5.41) is 9.91. The van der Waals surface area contributed by atoms with Gasteiger partial charge in [0.25, 0.3) is 0 Å². The molecular formula is C5H11NO4. The molecule has 10 heavy (non-hydrogen) atoms. The van der Waals surface area contributed by atoms with Crippen molar-refractivity contribution in [3.05, 3.63) is 10.1 Å². The summed E-state index contributed by atoms with van der Waals surface area (Å²) in [5.74, 6) is 0. The molecule has 0 fully saturated rings. The molecule has 0 aromatic rings. The summed E-state index contributed by atoms with van der Waals surface area (Å²) in [6.45, 7) is 0.0574. The van der Waals surface area contributed by atoms with Crippen molar-refractivity contribution in [2.24, 2.45) is 0 Å². The van der Waals surface area contributed by atoms with E-state index in [0.29, 0.717) is 0 Å². The van der Waals surface area contributed by atoms with Gasteiger partial charge in [-0.2, -0.15) is 0 Å². The second kappa shape index (κ2) is 5.13. The minimum absolute atomic E-state index is 0.204. The fourth-order valence-electron chi connectivity index (χ4n) is 0.547. The van der Waals surface area contributed by atoms with Crippen LogP contribution in [0.2, 0.25) is 0 Å². The zero-order chi connectivity index (χ0) is 7.98. The molecule has 5 heteroatoms. The number of rotatable bonds is 5. The minimum Gasteiger partial charge on any atom is -0.382 e. The Morgan fingerprint density at radius 2 is 2.20 bits per heavy atom. The van der Waals surface area contributed by atoms with E-state index in [0.717, 1.165) is 0 Å². The molecule has 5 nitrogen and oxygen atoms in total. The topological polar surface area (TPSA) is 61.6 Å². The second-order valence-electron chi connectivity index (χ2n) is 1.83. The quantitative estimate of drug-likeness (QED) is 0.405. The maximum Gasteiger partial charge on any atom is 0.231 e. The van der Waals surface area contributed by atoms with Crippen LogP contribution in [0.3, 0.4) is 0 Å². The smallest absolute Gasteiger partial charge is 0.231 e. The molecule has 0 aliphatic rings. The van der Waals surface area contributed by atoms with Gasteiger partial charge in [-0.15, -0.1) is 0 Å². The molecule has 0 saturated heterocycles. The number of nitrogens with zero attached hydrogens (tertiary/aromatic N) is 1. The van der Waals surface area contributed by atoms with Crippen LogP contribution in [0.5, 0.6) is 0 Å². The third kappa shape index (κ3) is 4.22. The van der Waals surface area contributed by atoms with Crippen LogP contribution in [0.1, 0.15) is 0 Å². The molecule has 1 unspecified atom stereocenters. The van der Waals surface area contributed by atoms with E-state index >= 15 is 0 Å². The summed E-state index contributed by atoms with van der Waals surface area (Å²) in [6.07, 6.45) is -0.431. The fraction of sp³-hybridized carbons (Fsp3) is 1.00. The molecule has 0 heterocycles. The van der Waals surface area contributed by atoms with Gasteiger partial charge in [0, 0.05) is 19.1 Å². The Labute approximate surface area is 59.1 Å². The number of nitro groups is 1. The van der Waals surface area contributed by atoms with Crippen molar-refractivity contribution < 1.29 is 14.4 Å². The third-order valence-corrected chi connectivity index (χ3v) is 1.04. The molecule has 0 radical (unpaired) electrons. The zero-order valence-electron chi connectivity index (χ0n) is 6.07. The molecule has 0 saturated carbocycles. The molecule has 0 bridgehead atoms. The number of ether oxygens (including phenoxy) is 2. The number of hydrogen-bond donors (Lipinski definition) is 0. The fourth-order valence-corrected chi connectivity index (χ4v) is 0.547. The maximum atomic E-state index is 9.91. The van der Waals surface area contributed by atoms with E-state index in [-0.39, 0.29) is 13.2 Å². The molecule has 0 spiro atoms. The highest BCUT2D eigenvalue weighted by Gasteiger charge is 2.12. The summed E-state index contributed by atoms with van der Waals surface area (Å²) in [6, 6.07) is 0. The maximum absolute atomic E-state index is 9.91. The Morgan fingerprint density at radius 1 is 1.60 bits per heavy atom. The van der Waals surface area contributed by atoms with Crippen molar-refractivity contribution in [1.82, 2.24) is 0 Å². The summed E-state index contributed by atoms with van der Waals surface area (Å²) >= 11 is 0. The molecule has 0 aromatic heterocycles. The van der Waals surface area contributed by atoms with Gasteiger partial charge in [-0.1, -0.05) is 0 Å². The number of methoxy groups -OCH3 is 2. The molecular weight excluding hydrogens is 138 g/mol. The van der Waals surface area contributed by atoms with E-state index in [1.807, 2.05) is 0 Å². The van der Waals surface area contributed by atoms with Gasteiger partial charge in [-0.3, -0.25) is 10.1 Å². The van der Waals surface area contributed by atoms with Crippen molar-refractivity contribution in [3.8, 4) is 0 Å². The standard InChI is InChI=1S/C5H11NO4/c1-9-4-5(10-2)3-6(7)8/h5H,3-4H2,1-2H3. The van der Waals surface area contributed by atoms with E-state index < -0.39 is 11.0 Å². The molecule has 0 N–H and O–H groups in total. The van der Waals surface area contributed by atoms with E-state index in [4.69, 9.17) is 4.74 Å². The normalized spacial score (nSPS) is 13.0. The van der Waals surface area contributed by atoms with Crippen LogP contribution < -0.4 is 0 Å². The van der Waals surface area contributed by atoms with Gasteiger partial charge < -0.3 is 9.47 Å². The first-order valence-corrected chi connectivity index (χ1v) is 2.84. The highest BCUT2D eigenvalue weighted by atomic mass is 16.6. The highest BCUT2D eigenvalue weighted by Crippen LogP contribution is 1.90. The van der Waals surface area contributed by atoms with Gasteiger partial charge in [0.05, 0.1) is 6.61 Å². The summed E-state index contributed by atoms with van der Waals surface area (Å²) < 4.78 is 9.40. The number of hydrogen-bond acceptors (Lipinski definition) is 4. The van der Waals surface area contributed by atoms with Crippen LogP contribution in [-0.2, 0) is 9.47 Å². The van der Waals surface area contributed by atoms with Crippen LogP contribution >= 0.6 is 0 Å². The lowest BCUT2D eigenvalue weighted by Gasteiger charge is -2.07. The average molecular weight is 149 g/mol. The predicted octanol–water partition coefficient (Wildman–Crippen LogP) is -0.0755. The van der Waals surface area contributed by atoms with E-state index in [1.165, 1.54) is 14.2 Å². The lowest BCUT2D eigenvalue weighted by atomic mass is 10.4.